The number of benzene rings is 1. The molecule has 0 atom stereocenters. The topological polar surface area (TPSA) is 58.4 Å². The molecule has 116 valence electrons. The third-order valence-corrected chi connectivity index (χ3v) is 5.05. The normalized spacial score (nSPS) is 16.0. The van der Waals surface area contributed by atoms with Crippen LogP contribution in [-0.2, 0) is 11.3 Å². The van der Waals surface area contributed by atoms with E-state index in [0.717, 1.165) is 31.7 Å². The maximum Gasteiger partial charge on any atom is 0.222 e. The molecule has 3 N–H and O–H groups in total. The average Bonchev–Trinajstić information content (AvgIpc) is 2.54. The van der Waals surface area contributed by atoms with Crippen LogP contribution < -0.4 is 16.0 Å². The minimum absolute atomic E-state index is 0.153. The highest BCUT2D eigenvalue weighted by Gasteiger charge is 2.25. The van der Waals surface area contributed by atoms with Crippen LogP contribution in [0.2, 0.25) is 0 Å². The Morgan fingerprint density at radius 2 is 2.14 bits per heavy atom. The Morgan fingerprint density at radius 3 is 2.71 bits per heavy atom. The molecule has 1 amide bonds. The molecule has 0 aliphatic carbocycles. The Morgan fingerprint density at radius 1 is 1.43 bits per heavy atom. The Bertz CT molecular complexity index is 484. The second-order valence-corrected chi connectivity index (χ2v) is 6.57. The number of nitrogens with two attached hydrogens (primary N) is 1. The van der Waals surface area contributed by atoms with Crippen molar-refractivity contribution in [3.63, 3.8) is 0 Å². The predicted molar refractivity (Wildman–Crippen MR) is 89.7 cm³/mol. The van der Waals surface area contributed by atoms with Crippen molar-refractivity contribution in [1.29, 1.82) is 0 Å². The molecule has 1 heterocycles. The molecule has 1 aromatic rings. The van der Waals surface area contributed by atoms with Crippen molar-refractivity contribution in [2.45, 2.75) is 31.2 Å². The van der Waals surface area contributed by atoms with Gasteiger partial charge in [-0.2, -0.15) is 0 Å². The minimum atomic E-state index is 0.153. The lowest BCUT2D eigenvalue weighted by molar-refractivity contribution is -0.125. The van der Waals surface area contributed by atoms with Gasteiger partial charge in [0, 0.05) is 48.7 Å². The van der Waals surface area contributed by atoms with E-state index in [1.54, 1.807) is 7.05 Å². The number of hydrogen-bond acceptors (Lipinski definition) is 4. The van der Waals surface area contributed by atoms with E-state index in [0.29, 0.717) is 6.54 Å². The van der Waals surface area contributed by atoms with Crippen molar-refractivity contribution in [2.75, 3.05) is 30.8 Å². The van der Waals surface area contributed by atoms with Gasteiger partial charge >= 0.3 is 0 Å². The molecule has 2 rings (SSSR count). The summed E-state index contributed by atoms with van der Waals surface area (Å²) in [5.41, 5.74) is 8.46. The molecular weight excluding hydrogens is 282 g/mol. The molecule has 0 bridgehead atoms. The summed E-state index contributed by atoms with van der Waals surface area (Å²) in [5.74, 6) is 1.37. The molecule has 0 spiro atoms. The molecule has 4 nitrogen and oxygen atoms in total. The summed E-state index contributed by atoms with van der Waals surface area (Å²) in [6.45, 7) is 4.57. The number of amides is 1. The van der Waals surface area contributed by atoms with E-state index in [-0.39, 0.29) is 11.8 Å². The summed E-state index contributed by atoms with van der Waals surface area (Å²) in [6.07, 6.45) is 1.82. The summed E-state index contributed by atoms with van der Waals surface area (Å²) in [6, 6.07) is 6.41. The number of carbonyl (C=O) groups excluding carboxylic acids is 1. The SMILES string of the molecule is CCSc1cccc(N2CCC(C(=O)NC)CC2)c1CN. The quantitative estimate of drug-likeness (QED) is 0.819. The first-order valence-corrected chi connectivity index (χ1v) is 8.61. The zero-order chi connectivity index (χ0) is 15.2. The molecule has 1 saturated heterocycles. The van der Waals surface area contributed by atoms with E-state index >= 15 is 0 Å². The molecule has 0 radical (unpaired) electrons. The second kappa shape index (κ2) is 7.71. The first-order valence-electron chi connectivity index (χ1n) is 7.62. The summed E-state index contributed by atoms with van der Waals surface area (Å²) in [4.78, 5) is 15.4. The monoisotopic (exact) mass is 307 g/mol. The van der Waals surface area contributed by atoms with Crippen LogP contribution in [0.4, 0.5) is 5.69 Å². The van der Waals surface area contributed by atoms with Crippen LogP contribution in [-0.4, -0.2) is 31.8 Å². The maximum atomic E-state index is 11.7. The third kappa shape index (κ3) is 3.71. The fraction of sp³-hybridized carbons (Fsp3) is 0.562. The van der Waals surface area contributed by atoms with Gasteiger partial charge in [-0.15, -0.1) is 11.8 Å². The van der Waals surface area contributed by atoms with Crippen LogP contribution in [0.5, 0.6) is 0 Å². The van der Waals surface area contributed by atoms with Crippen LogP contribution >= 0.6 is 11.8 Å². The van der Waals surface area contributed by atoms with Crippen LogP contribution in [0.25, 0.3) is 0 Å². The fourth-order valence-electron chi connectivity index (χ4n) is 2.93. The molecule has 21 heavy (non-hydrogen) atoms. The lowest BCUT2D eigenvalue weighted by Crippen LogP contribution is -2.40. The average molecular weight is 307 g/mol. The molecule has 0 aromatic heterocycles. The van der Waals surface area contributed by atoms with Gasteiger partial charge in [-0.25, -0.2) is 0 Å². The number of anilines is 1. The molecule has 5 heteroatoms. The van der Waals surface area contributed by atoms with Crippen molar-refractivity contribution in [3.8, 4) is 0 Å². The van der Waals surface area contributed by atoms with E-state index in [4.69, 9.17) is 5.73 Å². The molecule has 1 aliphatic rings. The number of piperidine rings is 1. The van der Waals surface area contributed by atoms with Gasteiger partial charge in [0.15, 0.2) is 0 Å². The molecule has 1 aromatic carbocycles. The number of nitrogens with zero attached hydrogens (tertiary/aromatic N) is 1. The smallest absolute Gasteiger partial charge is 0.222 e. The lowest BCUT2D eigenvalue weighted by atomic mass is 9.95. The van der Waals surface area contributed by atoms with Crippen LogP contribution in [0.3, 0.4) is 0 Å². The number of nitrogens with one attached hydrogen (secondary N) is 1. The van der Waals surface area contributed by atoms with E-state index in [9.17, 15) is 4.79 Å². The molecule has 1 fully saturated rings. The second-order valence-electron chi connectivity index (χ2n) is 5.27. The summed E-state index contributed by atoms with van der Waals surface area (Å²) < 4.78 is 0. The van der Waals surface area contributed by atoms with E-state index < -0.39 is 0 Å². The number of carbonyl (C=O) groups is 1. The minimum Gasteiger partial charge on any atom is -0.371 e. The first-order chi connectivity index (χ1) is 10.2. The Labute approximate surface area is 131 Å². The van der Waals surface area contributed by atoms with E-state index in [1.807, 2.05) is 11.8 Å². The highest BCUT2D eigenvalue weighted by Crippen LogP contribution is 2.32. The third-order valence-electron chi connectivity index (χ3n) is 4.07. The van der Waals surface area contributed by atoms with Gasteiger partial charge in [-0.1, -0.05) is 13.0 Å². The van der Waals surface area contributed by atoms with Gasteiger partial charge in [0.2, 0.25) is 5.91 Å². The zero-order valence-electron chi connectivity index (χ0n) is 12.9. The highest BCUT2D eigenvalue weighted by atomic mass is 32.2. The van der Waals surface area contributed by atoms with Gasteiger partial charge in [0.05, 0.1) is 0 Å². The van der Waals surface area contributed by atoms with Gasteiger partial charge in [-0.05, 0) is 30.7 Å². The molecule has 0 unspecified atom stereocenters. The van der Waals surface area contributed by atoms with Gasteiger partial charge in [-0.3, -0.25) is 4.79 Å². The molecule has 0 saturated carbocycles. The van der Waals surface area contributed by atoms with Gasteiger partial charge in [0.1, 0.15) is 0 Å². The standard InChI is InChI=1S/C16H25N3OS/c1-3-21-15-6-4-5-14(13(15)11-17)19-9-7-12(8-10-19)16(20)18-2/h4-6,12H,3,7-11,17H2,1-2H3,(H,18,20). The highest BCUT2D eigenvalue weighted by molar-refractivity contribution is 7.99. The van der Waals surface area contributed by atoms with Crippen molar-refractivity contribution >= 4 is 23.4 Å². The van der Waals surface area contributed by atoms with Crippen LogP contribution in [0.15, 0.2) is 23.1 Å². The van der Waals surface area contributed by atoms with Crippen molar-refractivity contribution in [1.82, 2.24) is 5.32 Å². The number of hydrogen-bond donors (Lipinski definition) is 2. The van der Waals surface area contributed by atoms with Crippen LogP contribution in [0.1, 0.15) is 25.3 Å². The van der Waals surface area contributed by atoms with Gasteiger partial charge < -0.3 is 16.0 Å². The van der Waals surface area contributed by atoms with E-state index in [2.05, 4.69) is 35.3 Å². The summed E-state index contributed by atoms with van der Waals surface area (Å²) >= 11 is 1.84. The maximum absolute atomic E-state index is 11.7. The Kier molecular flexibility index (Phi) is 5.94. The predicted octanol–water partition coefficient (Wildman–Crippen LogP) is 2.22. The van der Waals surface area contributed by atoms with Crippen LogP contribution in [0, 0.1) is 5.92 Å². The fourth-order valence-corrected chi connectivity index (χ4v) is 3.78. The van der Waals surface area contributed by atoms with Crippen molar-refractivity contribution in [3.05, 3.63) is 23.8 Å². The first kappa shape index (κ1) is 16.2. The van der Waals surface area contributed by atoms with Crippen molar-refractivity contribution in [2.24, 2.45) is 11.7 Å². The Balaban J connectivity index is 2.13. The van der Waals surface area contributed by atoms with E-state index in [1.165, 1.54) is 16.1 Å². The molecule has 1 aliphatic heterocycles. The summed E-state index contributed by atoms with van der Waals surface area (Å²) in [7, 11) is 1.71. The number of thioether (sulfide) groups is 1. The number of rotatable bonds is 5. The largest absolute Gasteiger partial charge is 0.371 e. The lowest BCUT2D eigenvalue weighted by Gasteiger charge is -2.34. The van der Waals surface area contributed by atoms with Gasteiger partial charge in [0.25, 0.3) is 0 Å². The summed E-state index contributed by atoms with van der Waals surface area (Å²) in [5, 5.41) is 2.76. The molecular formula is C16H25N3OS. The zero-order valence-corrected chi connectivity index (χ0v) is 13.7. The Hall–Kier alpha value is -1.20. The van der Waals surface area contributed by atoms with Crippen molar-refractivity contribution < 1.29 is 4.79 Å².